The van der Waals surface area contributed by atoms with Gasteiger partial charge in [0.15, 0.2) is 6.10 Å². The largest absolute Gasteiger partial charge is 0.491 e. The van der Waals surface area contributed by atoms with Crippen LogP contribution in [0.5, 0.6) is 11.5 Å². The van der Waals surface area contributed by atoms with Gasteiger partial charge in [-0.15, -0.1) is 0 Å². The standard InChI is InChI=1S/C22H29NO3/c1-14-11-16(3)18(5)21(12-14)26-19(6)22(24)23-17(4)13-25-20-10-8-7-9-15(20)2/h7-12,17,19H,13H2,1-6H3,(H,23,24)/t17-,19-/m0/s1. The Bertz CT molecular complexity index is 770. The first-order chi connectivity index (χ1) is 12.3. The summed E-state index contributed by atoms with van der Waals surface area (Å²) < 4.78 is 11.7. The third-order valence-electron chi connectivity index (χ3n) is 4.41. The summed E-state index contributed by atoms with van der Waals surface area (Å²) in [6, 6.07) is 11.8. The summed E-state index contributed by atoms with van der Waals surface area (Å²) in [6.45, 7) is 12.2. The predicted octanol–water partition coefficient (Wildman–Crippen LogP) is 4.27. The fourth-order valence-corrected chi connectivity index (χ4v) is 2.70. The average Bonchev–Trinajstić information content (AvgIpc) is 2.58. The zero-order chi connectivity index (χ0) is 19.3. The van der Waals surface area contributed by atoms with Crippen molar-refractivity contribution in [2.24, 2.45) is 0 Å². The molecule has 4 nitrogen and oxygen atoms in total. The third kappa shape index (κ3) is 5.25. The van der Waals surface area contributed by atoms with Crippen LogP contribution in [0, 0.1) is 27.7 Å². The molecule has 0 fully saturated rings. The van der Waals surface area contributed by atoms with Crippen molar-refractivity contribution in [1.29, 1.82) is 0 Å². The lowest BCUT2D eigenvalue weighted by atomic mass is 10.1. The topological polar surface area (TPSA) is 47.6 Å². The molecule has 2 aromatic rings. The maximum Gasteiger partial charge on any atom is 0.261 e. The summed E-state index contributed by atoms with van der Waals surface area (Å²) in [5.41, 5.74) is 4.42. The number of carbonyl (C=O) groups excluding carboxylic acids is 1. The van der Waals surface area contributed by atoms with Crippen LogP contribution < -0.4 is 14.8 Å². The number of benzene rings is 2. The van der Waals surface area contributed by atoms with Gasteiger partial charge in [-0.1, -0.05) is 24.3 Å². The highest BCUT2D eigenvalue weighted by molar-refractivity contribution is 5.81. The fraction of sp³-hybridized carbons (Fsp3) is 0.409. The summed E-state index contributed by atoms with van der Waals surface area (Å²) >= 11 is 0. The van der Waals surface area contributed by atoms with Crippen molar-refractivity contribution >= 4 is 5.91 Å². The van der Waals surface area contributed by atoms with E-state index in [2.05, 4.69) is 11.4 Å². The van der Waals surface area contributed by atoms with E-state index in [0.29, 0.717) is 6.61 Å². The first kappa shape index (κ1) is 19.8. The van der Waals surface area contributed by atoms with Crippen LogP contribution >= 0.6 is 0 Å². The summed E-state index contributed by atoms with van der Waals surface area (Å²) in [6.07, 6.45) is -0.573. The number of carbonyl (C=O) groups is 1. The molecule has 140 valence electrons. The number of hydrogen-bond donors (Lipinski definition) is 1. The van der Waals surface area contributed by atoms with Gasteiger partial charge in [0.25, 0.3) is 5.91 Å². The molecule has 26 heavy (non-hydrogen) atoms. The summed E-state index contributed by atoms with van der Waals surface area (Å²) in [5, 5.41) is 2.95. The van der Waals surface area contributed by atoms with Crippen molar-refractivity contribution in [2.45, 2.75) is 53.7 Å². The van der Waals surface area contributed by atoms with Gasteiger partial charge in [-0.2, -0.15) is 0 Å². The lowest BCUT2D eigenvalue weighted by molar-refractivity contribution is -0.128. The van der Waals surface area contributed by atoms with Gasteiger partial charge >= 0.3 is 0 Å². The Morgan fingerprint density at radius 1 is 1.00 bits per heavy atom. The summed E-state index contributed by atoms with van der Waals surface area (Å²) in [4.78, 5) is 12.4. The molecule has 0 spiro atoms. The Balaban J connectivity index is 1.89. The van der Waals surface area contributed by atoms with E-state index in [1.165, 1.54) is 0 Å². The van der Waals surface area contributed by atoms with Gasteiger partial charge in [0.1, 0.15) is 18.1 Å². The number of hydrogen-bond acceptors (Lipinski definition) is 3. The second-order valence-corrected chi connectivity index (χ2v) is 6.95. The molecule has 0 bridgehead atoms. The molecule has 4 heteroatoms. The van der Waals surface area contributed by atoms with Crippen LogP contribution in [0.1, 0.15) is 36.1 Å². The van der Waals surface area contributed by atoms with Crippen LogP contribution in [0.2, 0.25) is 0 Å². The predicted molar refractivity (Wildman–Crippen MR) is 105 cm³/mol. The molecule has 0 aliphatic rings. The van der Waals surface area contributed by atoms with Crippen LogP contribution in [-0.4, -0.2) is 24.7 Å². The lowest BCUT2D eigenvalue weighted by Gasteiger charge is -2.21. The molecule has 2 aromatic carbocycles. The van der Waals surface area contributed by atoms with Gasteiger partial charge in [-0.3, -0.25) is 4.79 Å². The smallest absolute Gasteiger partial charge is 0.261 e. The molecule has 1 N–H and O–H groups in total. The van der Waals surface area contributed by atoms with E-state index in [9.17, 15) is 4.79 Å². The molecular weight excluding hydrogens is 326 g/mol. The number of nitrogens with one attached hydrogen (secondary N) is 1. The molecule has 0 heterocycles. The van der Waals surface area contributed by atoms with Crippen molar-refractivity contribution in [3.8, 4) is 11.5 Å². The molecule has 0 aliphatic carbocycles. The van der Waals surface area contributed by atoms with E-state index in [-0.39, 0.29) is 11.9 Å². The Morgan fingerprint density at radius 3 is 2.38 bits per heavy atom. The van der Waals surface area contributed by atoms with Crippen molar-refractivity contribution in [3.63, 3.8) is 0 Å². The number of aryl methyl sites for hydroxylation is 3. The van der Waals surface area contributed by atoms with E-state index in [1.54, 1.807) is 6.92 Å². The maximum absolute atomic E-state index is 12.4. The number of amides is 1. The monoisotopic (exact) mass is 355 g/mol. The molecule has 0 saturated carbocycles. The van der Waals surface area contributed by atoms with E-state index in [0.717, 1.165) is 33.8 Å². The van der Waals surface area contributed by atoms with Gasteiger partial charge < -0.3 is 14.8 Å². The molecule has 0 radical (unpaired) electrons. The minimum atomic E-state index is -0.573. The highest BCUT2D eigenvalue weighted by Gasteiger charge is 2.18. The first-order valence-corrected chi connectivity index (χ1v) is 9.01. The first-order valence-electron chi connectivity index (χ1n) is 9.01. The fourth-order valence-electron chi connectivity index (χ4n) is 2.70. The van der Waals surface area contributed by atoms with Gasteiger partial charge in [0.05, 0.1) is 6.04 Å². The van der Waals surface area contributed by atoms with Gasteiger partial charge in [0.2, 0.25) is 0 Å². The second-order valence-electron chi connectivity index (χ2n) is 6.95. The Kier molecular flexibility index (Phi) is 6.67. The number of para-hydroxylation sites is 1. The van der Waals surface area contributed by atoms with Crippen molar-refractivity contribution in [2.75, 3.05) is 6.61 Å². The number of rotatable bonds is 7. The van der Waals surface area contributed by atoms with E-state index >= 15 is 0 Å². The molecule has 0 aromatic heterocycles. The lowest BCUT2D eigenvalue weighted by Crippen LogP contribution is -2.43. The maximum atomic E-state index is 12.4. The third-order valence-corrected chi connectivity index (χ3v) is 4.41. The Morgan fingerprint density at radius 2 is 1.69 bits per heavy atom. The molecule has 2 rings (SSSR count). The van der Waals surface area contributed by atoms with Crippen molar-refractivity contribution < 1.29 is 14.3 Å². The van der Waals surface area contributed by atoms with Crippen LogP contribution in [0.4, 0.5) is 0 Å². The zero-order valence-electron chi connectivity index (χ0n) is 16.6. The minimum Gasteiger partial charge on any atom is -0.491 e. The van der Waals surface area contributed by atoms with Crippen molar-refractivity contribution in [1.82, 2.24) is 5.32 Å². The van der Waals surface area contributed by atoms with Crippen LogP contribution in [0.15, 0.2) is 36.4 Å². The van der Waals surface area contributed by atoms with Gasteiger partial charge in [0, 0.05) is 0 Å². The molecule has 0 saturated heterocycles. The summed E-state index contributed by atoms with van der Waals surface area (Å²) in [7, 11) is 0. The molecule has 0 unspecified atom stereocenters. The molecule has 0 aliphatic heterocycles. The average molecular weight is 355 g/mol. The highest BCUT2D eigenvalue weighted by Crippen LogP contribution is 2.24. The normalized spacial score (nSPS) is 13.0. The molecular formula is C22H29NO3. The second kappa shape index (κ2) is 8.75. The Hall–Kier alpha value is -2.49. The van der Waals surface area contributed by atoms with Gasteiger partial charge in [-0.25, -0.2) is 0 Å². The van der Waals surface area contributed by atoms with Gasteiger partial charge in [-0.05, 0) is 75.9 Å². The molecule has 1 amide bonds. The Labute approximate surface area is 156 Å². The summed E-state index contributed by atoms with van der Waals surface area (Å²) in [5.74, 6) is 1.45. The van der Waals surface area contributed by atoms with E-state index < -0.39 is 6.10 Å². The molecule has 2 atom stereocenters. The quantitative estimate of drug-likeness (QED) is 0.807. The van der Waals surface area contributed by atoms with Crippen LogP contribution in [0.3, 0.4) is 0 Å². The SMILES string of the molecule is Cc1cc(C)c(C)c(O[C@@H](C)C(=O)N[C@@H](C)COc2ccccc2C)c1. The van der Waals surface area contributed by atoms with Crippen LogP contribution in [0.25, 0.3) is 0 Å². The minimum absolute atomic E-state index is 0.117. The van der Waals surface area contributed by atoms with E-state index in [1.807, 2.05) is 65.0 Å². The highest BCUT2D eigenvalue weighted by atomic mass is 16.5. The zero-order valence-corrected chi connectivity index (χ0v) is 16.6. The van der Waals surface area contributed by atoms with Crippen LogP contribution in [-0.2, 0) is 4.79 Å². The number of ether oxygens (including phenoxy) is 2. The van der Waals surface area contributed by atoms with E-state index in [4.69, 9.17) is 9.47 Å². The van der Waals surface area contributed by atoms with Crippen molar-refractivity contribution in [3.05, 3.63) is 58.7 Å².